The molecule has 0 bridgehead atoms. The highest BCUT2D eigenvalue weighted by Crippen LogP contribution is 2.42. The second-order valence-corrected chi connectivity index (χ2v) is 8.77. The molecule has 1 aromatic carbocycles. The molecule has 1 saturated carbocycles. The van der Waals surface area contributed by atoms with Crippen LogP contribution in [0.3, 0.4) is 0 Å². The number of aryl methyl sites for hydroxylation is 1. The van der Waals surface area contributed by atoms with Crippen LogP contribution in [0.15, 0.2) is 24.3 Å². The summed E-state index contributed by atoms with van der Waals surface area (Å²) in [5, 5.41) is 3.11. The number of carbonyl (C=O) groups excluding carboxylic acids is 2. The third kappa shape index (κ3) is 2.87. The number of nitrogens with one attached hydrogen (secondary N) is 1. The molecular weight excluding hydrogens is 338 g/mol. The summed E-state index contributed by atoms with van der Waals surface area (Å²) in [6.07, 6.45) is 6.44. The van der Waals surface area contributed by atoms with E-state index in [9.17, 15) is 9.59 Å². The zero-order valence-corrected chi connectivity index (χ0v) is 16.7. The molecule has 2 aliphatic carbocycles. The standard InChI is InChI=1S/C22H31N3O2/c1-15-8-6-9-16(2)22(15)20(26)25(21(27)23-22)14-24(3)19-13-7-11-17-10-4-5-12-18(17)19/h4-5,10,12,15-16,19H,6-9,11,13-14H2,1-3H3,(H,23,27). The van der Waals surface area contributed by atoms with E-state index in [0.29, 0.717) is 6.67 Å². The van der Waals surface area contributed by atoms with Crippen LogP contribution in [0.5, 0.6) is 0 Å². The zero-order chi connectivity index (χ0) is 19.2. The number of rotatable bonds is 3. The lowest BCUT2D eigenvalue weighted by atomic mass is 9.67. The number of imide groups is 1. The van der Waals surface area contributed by atoms with Crippen LogP contribution in [0.25, 0.3) is 0 Å². The molecule has 1 aromatic rings. The quantitative estimate of drug-likeness (QED) is 0.827. The fourth-order valence-corrected chi connectivity index (χ4v) is 5.59. The minimum absolute atomic E-state index is 0.0249. The van der Waals surface area contributed by atoms with Crippen LogP contribution in [0.2, 0.25) is 0 Å². The number of hydrogen-bond donors (Lipinski definition) is 1. The Balaban J connectivity index is 1.55. The van der Waals surface area contributed by atoms with Crippen LogP contribution in [0.4, 0.5) is 4.79 Å². The Bertz CT molecular complexity index is 737. The highest BCUT2D eigenvalue weighted by Gasteiger charge is 2.58. The minimum atomic E-state index is -0.708. The second kappa shape index (κ2) is 6.93. The zero-order valence-electron chi connectivity index (χ0n) is 16.7. The molecule has 1 aliphatic heterocycles. The van der Waals surface area contributed by atoms with Gasteiger partial charge in [-0.2, -0.15) is 0 Å². The van der Waals surface area contributed by atoms with E-state index in [1.54, 1.807) is 0 Å². The lowest BCUT2D eigenvalue weighted by Crippen LogP contribution is -2.59. The molecule has 27 heavy (non-hydrogen) atoms. The molecule has 3 amide bonds. The Morgan fingerprint density at radius 3 is 2.56 bits per heavy atom. The fraction of sp³-hybridized carbons (Fsp3) is 0.636. The maximum atomic E-state index is 13.4. The van der Waals surface area contributed by atoms with Gasteiger partial charge in [-0.05, 0) is 62.1 Å². The van der Waals surface area contributed by atoms with Gasteiger partial charge >= 0.3 is 6.03 Å². The Morgan fingerprint density at radius 2 is 1.81 bits per heavy atom. The van der Waals surface area contributed by atoms with Gasteiger partial charge in [0.15, 0.2) is 0 Å². The molecule has 3 atom stereocenters. The molecule has 2 fully saturated rings. The molecule has 3 aliphatic rings. The number of nitrogens with zero attached hydrogens (tertiary/aromatic N) is 2. The number of amides is 3. The monoisotopic (exact) mass is 369 g/mol. The van der Waals surface area contributed by atoms with Gasteiger partial charge in [0.05, 0.1) is 6.67 Å². The van der Waals surface area contributed by atoms with Crippen molar-refractivity contribution in [1.82, 2.24) is 15.1 Å². The molecule has 5 heteroatoms. The smallest absolute Gasteiger partial charge is 0.323 e. The molecular formula is C22H31N3O2. The first-order chi connectivity index (χ1) is 12.9. The topological polar surface area (TPSA) is 52.7 Å². The average Bonchev–Trinajstić information content (AvgIpc) is 2.91. The van der Waals surface area contributed by atoms with E-state index in [1.807, 2.05) is 7.05 Å². The number of fused-ring (bicyclic) bond motifs is 1. The van der Waals surface area contributed by atoms with Crippen molar-refractivity contribution in [2.75, 3.05) is 13.7 Å². The molecule has 1 spiro atoms. The number of urea groups is 1. The maximum Gasteiger partial charge on any atom is 0.326 e. The van der Waals surface area contributed by atoms with Crippen molar-refractivity contribution < 1.29 is 9.59 Å². The summed E-state index contributed by atoms with van der Waals surface area (Å²) in [6.45, 7) is 4.57. The third-order valence-electron chi connectivity index (χ3n) is 7.22. The summed E-state index contributed by atoms with van der Waals surface area (Å²) in [5.41, 5.74) is 2.02. The molecule has 146 valence electrons. The molecule has 3 unspecified atom stereocenters. The second-order valence-electron chi connectivity index (χ2n) is 8.77. The first-order valence-corrected chi connectivity index (χ1v) is 10.4. The maximum absolute atomic E-state index is 13.4. The first kappa shape index (κ1) is 18.5. The molecule has 1 heterocycles. The van der Waals surface area contributed by atoms with E-state index in [4.69, 9.17) is 0 Å². The van der Waals surface area contributed by atoms with Crippen molar-refractivity contribution in [3.8, 4) is 0 Å². The van der Waals surface area contributed by atoms with Gasteiger partial charge in [-0.3, -0.25) is 9.69 Å². The van der Waals surface area contributed by atoms with Gasteiger partial charge in [0.1, 0.15) is 5.54 Å². The van der Waals surface area contributed by atoms with Crippen molar-refractivity contribution in [3.63, 3.8) is 0 Å². The van der Waals surface area contributed by atoms with Crippen LogP contribution >= 0.6 is 0 Å². The molecule has 0 radical (unpaired) electrons. The lowest BCUT2D eigenvalue weighted by molar-refractivity contribution is -0.138. The summed E-state index contributed by atoms with van der Waals surface area (Å²) >= 11 is 0. The fourth-order valence-electron chi connectivity index (χ4n) is 5.59. The molecule has 0 aromatic heterocycles. The van der Waals surface area contributed by atoms with Gasteiger partial charge in [-0.15, -0.1) is 0 Å². The van der Waals surface area contributed by atoms with Gasteiger partial charge < -0.3 is 5.32 Å². The van der Waals surface area contributed by atoms with Crippen molar-refractivity contribution in [3.05, 3.63) is 35.4 Å². The minimum Gasteiger partial charge on any atom is -0.323 e. The van der Waals surface area contributed by atoms with E-state index < -0.39 is 5.54 Å². The number of carbonyl (C=O) groups is 2. The highest BCUT2D eigenvalue weighted by molar-refractivity contribution is 6.07. The Labute approximate surface area is 162 Å². The van der Waals surface area contributed by atoms with Crippen LogP contribution in [-0.2, 0) is 11.2 Å². The average molecular weight is 370 g/mol. The summed E-state index contributed by atoms with van der Waals surface area (Å²) in [6, 6.07) is 8.59. The van der Waals surface area contributed by atoms with E-state index in [-0.39, 0.29) is 29.8 Å². The third-order valence-corrected chi connectivity index (χ3v) is 7.22. The van der Waals surface area contributed by atoms with Crippen molar-refractivity contribution >= 4 is 11.9 Å². The van der Waals surface area contributed by atoms with Gasteiger partial charge in [0.25, 0.3) is 5.91 Å². The normalized spacial score (nSPS) is 33.5. The predicted octanol–water partition coefficient (Wildman–Crippen LogP) is 3.70. The number of hydrogen-bond acceptors (Lipinski definition) is 3. The molecule has 1 saturated heterocycles. The van der Waals surface area contributed by atoms with Gasteiger partial charge in [-0.25, -0.2) is 9.69 Å². The van der Waals surface area contributed by atoms with E-state index in [1.165, 1.54) is 16.0 Å². The van der Waals surface area contributed by atoms with Crippen molar-refractivity contribution in [2.45, 2.75) is 64.0 Å². The van der Waals surface area contributed by atoms with Crippen molar-refractivity contribution in [1.29, 1.82) is 0 Å². The molecule has 4 rings (SSSR count). The van der Waals surface area contributed by atoms with Gasteiger partial charge in [0.2, 0.25) is 0 Å². The van der Waals surface area contributed by atoms with Crippen LogP contribution in [-0.4, -0.2) is 41.0 Å². The van der Waals surface area contributed by atoms with E-state index in [2.05, 4.69) is 48.3 Å². The predicted molar refractivity (Wildman–Crippen MR) is 105 cm³/mol. The van der Waals surface area contributed by atoms with Gasteiger partial charge in [0, 0.05) is 6.04 Å². The Hall–Kier alpha value is -1.88. The summed E-state index contributed by atoms with van der Waals surface area (Å²) in [7, 11) is 2.03. The molecule has 1 N–H and O–H groups in total. The highest BCUT2D eigenvalue weighted by atomic mass is 16.2. The van der Waals surface area contributed by atoms with E-state index in [0.717, 1.165) is 38.5 Å². The summed E-state index contributed by atoms with van der Waals surface area (Å²) in [4.78, 5) is 29.8. The molecule has 5 nitrogen and oxygen atoms in total. The summed E-state index contributed by atoms with van der Waals surface area (Å²) < 4.78 is 0. The van der Waals surface area contributed by atoms with Crippen LogP contribution in [0, 0.1) is 11.8 Å². The first-order valence-electron chi connectivity index (χ1n) is 10.4. The number of benzene rings is 1. The largest absolute Gasteiger partial charge is 0.326 e. The Morgan fingerprint density at radius 1 is 1.11 bits per heavy atom. The summed E-state index contributed by atoms with van der Waals surface area (Å²) in [5.74, 6) is 0.343. The van der Waals surface area contributed by atoms with Gasteiger partial charge in [-0.1, -0.05) is 44.5 Å². The van der Waals surface area contributed by atoms with Crippen LogP contribution in [0.1, 0.15) is 63.1 Å². The SMILES string of the molecule is CC1CCCC(C)C12NC(=O)N(CN(C)C1CCCc3ccccc31)C2=O. The lowest BCUT2D eigenvalue weighted by Gasteiger charge is -2.42. The van der Waals surface area contributed by atoms with E-state index >= 15 is 0 Å². The Kier molecular flexibility index (Phi) is 4.75. The van der Waals surface area contributed by atoms with Crippen molar-refractivity contribution in [2.24, 2.45) is 11.8 Å². The van der Waals surface area contributed by atoms with Crippen LogP contribution < -0.4 is 5.32 Å².